The zero-order valence-electron chi connectivity index (χ0n) is 11.9. The van der Waals surface area contributed by atoms with E-state index in [2.05, 4.69) is 20.9 Å². The van der Waals surface area contributed by atoms with Gasteiger partial charge in [-0.05, 0) is 54.4 Å². The first-order valence-corrected chi connectivity index (χ1v) is 7.35. The molecule has 1 unspecified atom stereocenters. The molecule has 0 radical (unpaired) electrons. The minimum atomic E-state index is -0.482. The van der Waals surface area contributed by atoms with Crippen molar-refractivity contribution >= 4 is 22.0 Å². The van der Waals surface area contributed by atoms with E-state index in [0.717, 1.165) is 10.2 Å². The molecular formula is C14H19BrN2O3. The summed E-state index contributed by atoms with van der Waals surface area (Å²) in [6, 6.07) is 3.80. The summed E-state index contributed by atoms with van der Waals surface area (Å²) in [5.41, 5.74) is 0.519. The molecule has 1 aliphatic heterocycles. The van der Waals surface area contributed by atoms with Crippen molar-refractivity contribution in [2.24, 2.45) is 0 Å². The molecule has 1 saturated heterocycles. The number of hydrogen-bond acceptors (Lipinski definition) is 4. The van der Waals surface area contributed by atoms with Crippen molar-refractivity contribution in [1.82, 2.24) is 9.88 Å². The number of nitrogens with zero attached hydrogens (tertiary/aromatic N) is 2. The normalized spacial score (nSPS) is 19.8. The lowest BCUT2D eigenvalue weighted by Gasteiger charge is -2.34. The van der Waals surface area contributed by atoms with E-state index in [4.69, 9.17) is 9.47 Å². The van der Waals surface area contributed by atoms with Gasteiger partial charge in [0, 0.05) is 12.7 Å². The van der Waals surface area contributed by atoms with Crippen LogP contribution in [0.2, 0.25) is 0 Å². The van der Waals surface area contributed by atoms with Crippen LogP contribution in [0.4, 0.5) is 4.79 Å². The van der Waals surface area contributed by atoms with Gasteiger partial charge in [-0.25, -0.2) is 9.78 Å². The van der Waals surface area contributed by atoms with Crippen molar-refractivity contribution in [3.63, 3.8) is 0 Å². The van der Waals surface area contributed by atoms with Crippen molar-refractivity contribution in [3.05, 3.63) is 28.5 Å². The van der Waals surface area contributed by atoms with Crippen LogP contribution in [0.15, 0.2) is 22.9 Å². The predicted molar refractivity (Wildman–Crippen MR) is 78.4 cm³/mol. The van der Waals surface area contributed by atoms with Gasteiger partial charge in [0.15, 0.2) is 0 Å². The highest BCUT2D eigenvalue weighted by Gasteiger charge is 2.28. The van der Waals surface area contributed by atoms with E-state index in [1.165, 1.54) is 0 Å². The number of ether oxygens (including phenoxy) is 2. The molecule has 0 bridgehead atoms. The highest BCUT2D eigenvalue weighted by Crippen LogP contribution is 2.24. The van der Waals surface area contributed by atoms with Gasteiger partial charge < -0.3 is 14.4 Å². The van der Waals surface area contributed by atoms with Gasteiger partial charge in [0.2, 0.25) is 0 Å². The summed E-state index contributed by atoms with van der Waals surface area (Å²) in [6.45, 7) is 7.14. The van der Waals surface area contributed by atoms with Gasteiger partial charge in [0.25, 0.3) is 0 Å². The Hall–Kier alpha value is -1.14. The van der Waals surface area contributed by atoms with Crippen LogP contribution in [-0.2, 0) is 9.47 Å². The zero-order valence-corrected chi connectivity index (χ0v) is 13.5. The number of carbonyl (C=O) groups is 1. The quantitative estimate of drug-likeness (QED) is 0.735. The Labute approximate surface area is 127 Å². The summed E-state index contributed by atoms with van der Waals surface area (Å²) in [5.74, 6) is 0. The smallest absolute Gasteiger partial charge is 0.410 e. The summed E-state index contributed by atoms with van der Waals surface area (Å²) in [6.07, 6.45) is 1.28. The van der Waals surface area contributed by atoms with Gasteiger partial charge in [-0.2, -0.15) is 0 Å². The van der Waals surface area contributed by atoms with Crippen molar-refractivity contribution < 1.29 is 14.3 Å². The second-order valence-corrected chi connectivity index (χ2v) is 6.51. The average molecular weight is 343 g/mol. The Bertz CT molecular complexity index is 488. The van der Waals surface area contributed by atoms with Crippen LogP contribution in [0.3, 0.4) is 0 Å². The van der Waals surface area contributed by atoms with Crippen molar-refractivity contribution in [1.29, 1.82) is 0 Å². The van der Waals surface area contributed by atoms with Crippen LogP contribution in [0.1, 0.15) is 32.4 Å². The number of rotatable bonds is 1. The van der Waals surface area contributed by atoms with Gasteiger partial charge in [0.1, 0.15) is 16.3 Å². The first-order valence-electron chi connectivity index (χ1n) is 6.56. The second kappa shape index (κ2) is 6.10. The molecule has 6 heteroatoms. The molecule has 2 heterocycles. The molecule has 1 aromatic rings. The molecule has 0 aliphatic carbocycles. The Balaban J connectivity index is 2.03. The van der Waals surface area contributed by atoms with Gasteiger partial charge in [-0.15, -0.1) is 0 Å². The van der Waals surface area contributed by atoms with Gasteiger partial charge in [-0.1, -0.05) is 0 Å². The van der Waals surface area contributed by atoms with Crippen molar-refractivity contribution in [2.75, 3.05) is 19.7 Å². The van der Waals surface area contributed by atoms with E-state index in [1.807, 2.05) is 32.9 Å². The van der Waals surface area contributed by atoms with Gasteiger partial charge in [-0.3, -0.25) is 0 Å². The third kappa shape index (κ3) is 4.18. The molecular weight excluding hydrogens is 324 g/mol. The molecule has 1 aliphatic rings. The van der Waals surface area contributed by atoms with Crippen LogP contribution < -0.4 is 0 Å². The Morgan fingerprint density at radius 2 is 2.30 bits per heavy atom. The Morgan fingerprint density at radius 1 is 1.55 bits per heavy atom. The standard InChI is InChI=1S/C14H19BrN2O3/c1-14(2,3)20-13(18)17-6-7-19-11(9-17)10-4-5-16-12(15)8-10/h4-5,8,11H,6-7,9H2,1-3H3. The highest BCUT2D eigenvalue weighted by molar-refractivity contribution is 9.10. The van der Waals surface area contributed by atoms with E-state index in [0.29, 0.717) is 19.7 Å². The number of amides is 1. The monoisotopic (exact) mass is 342 g/mol. The number of morpholine rings is 1. The number of aromatic nitrogens is 1. The first kappa shape index (κ1) is 15.3. The van der Waals surface area contributed by atoms with Crippen molar-refractivity contribution in [3.8, 4) is 0 Å². The SMILES string of the molecule is CC(C)(C)OC(=O)N1CCOC(c2ccnc(Br)c2)C1. The van der Waals surface area contributed by atoms with E-state index >= 15 is 0 Å². The molecule has 1 amide bonds. The Morgan fingerprint density at radius 3 is 2.95 bits per heavy atom. The van der Waals surface area contributed by atoms with E-state index < -0.39 is 5.60 Å². The summed E-state index contributed by atoms with van der Waals surface area (Å²) in [4.78, 5) is 17.9. The molecule has 0 saturated carbocycles. The highest BCUT2D eigenvalue weighted by atomic mass is 79.9. The maximum Gasteiger partial charge on any atom is 0.410 e. The molecule has 1 atom stereocenters. The summed E-state index contributed by atoms with van der Waals surface area (Å²) >= 11 is 3.34. The lowest BCUT2D eigenvalue weighted by Crippen LogP contribution is -2.44. The topological polar surface area (TPSA) is 51.7 Å². The molecule has 2 rings (SSSR count). The maximum absolute atomic E-state index is 12.1. The number of hydrogen-bond donors (Lipinski definition) is 0. The lowest BCUT2D eigenvalue weighted by molar-refractivity contribution is -0.0433. The summed E-state index contributed by atoms with van der Waals surface area (Å²) in [7, 11) is 0. The van der Waals surface area contributed by atoms with Crippen LogP contribution in [0.25, 0.3) is 0 Å². The van der Waals surface area contributed by atoms with Crippen LogP contribution >= 0.6 is 15.9 Å². The van der Waals surface area contributed by atoms with Gasteiger partial charge in [0.05, 0.1) is 13.2 Å². The molecule has 1 fully saturated rings. The fourth-order valence-electron chi connectivity index (χ4n) is 1.96. The molecule has 1 aromatic heterocycles. The molecule has 0 spiro atoms. The minimum absolute atomic E-state index is 0.143. The van der Waals surface area contributed by atoms with Gasteiger partial charge >= 0.3 is 6.09 Å². The molecule has 20 heavy (non-hydrogen) atoms. The van der Waals surface area contributed by atoms with E-state index in [1.54, 1.807) is 11.1 Å². The van der Waals surface area contributed by atoms with E-state index in [9.17, 15) is 4.79 Å². The Kier molecular flexibility index (Phi) is 4.65. The second-order valence-electron chi connectivity index (χ2n) is 5.70. The number of carbonyl (C=O) groups excluding carboxylic acids is 1. The van der Waals surface area contributed by atoms with E-state index in [-0.39, 0.29) is 12.2 Å². The first-order chi connectivity index (χ1) is 9.35. The average Bonchev–Trinajstić information content (AvgIpc) is 2.37. The number of halogens is 1. The van der Waals surface area contributed by atoms with Crippen LogP contribution in [0.5, 0.6) is 0 Å². The lowest BCUT2D eigenvalue weighted by atomic mass is 10.1. The maximum atomic E-state index is 12.1. The number of pyridine rings is 1. The molecule has 0 N–H and O–H groups in total. The molecule has 0 aromatic carbocycles. The van der Waals surface area contributed by atoms with Crippen LogP contribution in [-0.4, -0.2) is 41.3 Å². The summed E-state index contributed by atoms with van der Waals surface area (Å²) < 4.78 is 11.9. The fraction of sp³-hybridized carbons (Fsp3) is 0.571. The van der Waals surface area contributed by atoms with Crippen LogP contribution in [0, 0.1) is 0 Å². The molecule has 110 valence electrons. The third-order valence-corrected chi connectivity index (χ3v) is 3.27. The fourth-order valence-corrected chi connectivity index (χ4v) is 2.34. The van der Waals surface area contributed by atoms with Crippen molar-refractivity contribution in [2.45, 2.75) is 32.5 Å². The summed E-state index contributed by atoms with van der Waals surface area (Å²) in [5, 5.41) is 0. The predicted octanol–water partition coefficient (Wildman–Crippen LogP) is 3.15. The molecule has 5 nitrogen and oxygen atoms in total. The zero-order chi connectivity index (χ0) is 14.8. The third-order valence-electron chi connectivity index (χ3n) is 2.84. The largest absolute Gasteiger partial charge is 0.444 e. The minimum Gasteiger partial charge on any atom is -0.444 e.